The molecule has 0 radical (unpaired) electrons. The topological polar surface area (TPSA) is 122 Å². The highest BCUT2D eigenvalue weighted by Gasteiger charge is 2.25. The zero-order valence-corrected chi connectivity index (χ0v) is 12.7. The summed E-state index contributed by atoms with van der Waals surface area (Å²) in [6.07, 6.45) is 1.51. The van der Waals surface area contributed by atoms with Gasteiger partial charge in [-0.2, -0.15) is 5.10 Å². The highest BCUT2D eigenvalue weighted by molar-refractivity contribution is 5.97. The Balaban J connectivity index is 2.15. The molecule has 0 saturated carbocycles. The number of nitrogens with two attached hydrogens (primary N) is 1. The number of aromatic amines is 1. The van der Waals surface area contributed by atoms with Gasteiger partial charge in [-0.1, -0.05) is 30.3 Å². The summed E-state index contributed by atoms with van der Waals surface area (Å²) in [7, 11) is 1.45. The maximum Gasteiger partial charge on any atom is 0.252 e. The van der Waals surface area contributed by atoms with Crippen molar-refractivity contribution in [1.82, 2.24) is 15.5 Å². The quantitative estimate of drug-likeness (QED) is 0.580. The molecule has 1 aromatic heterocycles. The number of hydrogen-bond acceptors (Lipinski definition) is 5. The van der Waals surface area contributed by atoms with Crippen LogP contribution in [0.25, 0.3) is 0 Å². The molecule has 1 aromatic carbocycles. The van der Waals surface area contributed by atoms with Gasteiger partial charge in [-0.05, 0) is 5.56 Å². The van der Waals surface area contributed by atoms with Crippen molar-refractivity contribution in [2.24, 2.45) is 5.73 Å². The lowest BCUT2D eigenvalue weighted by Gasteiger charge is -2.20. The highest BCUT2D eigenvalue weighted by atomic mass is 16.5. The molecule has 8 heteroatoms. The molecule has 0 saturated heterocycles. The number of methoxy groups -OCH3 is 1. The molecule has 1 heterocycles. The van der Waals surface area contributed by atoms with Crippen molar-refractivity contribution < 1.29 is 14.3 Å². The second-order valence-electron chi connectivity index (χ2n) is 4.87. The molecular weight excluding hydrogens is 298 g/mol. The van der Waals surface area contributed by atoms with E-state index in [4.69, 9.17) is 10.5 Å². The maximum atomic E-state index is 12.5. The van der Waals surface area contributed by atoms with E-state index in [-0.39, 0.29) is 6.61 Å². The molecule has 2 unspecified atom stereocenters. The molecule has 0 aliphatic rings. The molecule has 5 N–H and O–H groups in total. The normalized spacial score (nSPS) is 13.1. The predicted molar refractivity (Wildman–Crippen MR) is 84.4 cm³/mol. The number of amides is 2. The van der Waals surface area contributed by atoms with Gasteiger partial charge in [0.05, 0.1) is 12.8 Å². The van der Waals surface area contributed by atoms with Crippen LogP contribution in [0.1, 0.15) is 11.6 Å². The van der Waals surface area contributed by atoms with Crippen LogP contribution in [0, 0.1) is 0 Å². The molecule has 8 nitrogen and oxygen atoms in total. The second kappa shape index (κ2) is 8.06. The fraction of sp³-hybridized carbons (Fsp3) is 0.267. The Bertz CT molecular complexity index is 630. The average molecular weight is 317 g/mol. The Labute approximate surface area is 133 Å². The number of carbonyl (C=O) groups excluding carboxylic acids is 2. The Morgan fingerprint density at radius 2 is 2.00 bits per heavy atom. The molecule has 0 fully saturated rings. The lowest BCUT2D eigenvalue weighted by molar-refractivity contribution is -0.128. The third kappa shape index (κ3) is 4.63. The van der Waals surface area contributed by atoms with Crippen molar-refractivity contribution in [2.45, 2.75) is 12.1 Å². The first-order valence-electron chi connectivity index (χ1n) is 7.02. The summed E-state index contributed by atoms with van der Waals surface area (Å²) in [5.74, 6) is -0.440. The molecule has 23 heavy (non-hydrogen) atoms. The summed E-state index contributed by atoms with van der Waals surface area (Å²) in [6.45, 7) is 0.0650. The molecule has 0 aliphatic heterocycles. The van der Waals surface area contributed by atoms with Gasteiger partial charge in [0.1, 0.15) is 17.9 Å². The minimum absolute atomic E-state index is 0.0650. The number of benzene rings is 1. The van der Waals surface area contributed by atoms with Gasteiger partial charge in [0, 0.05) is 13.2 Å². The van der Waals surface area contributed by atoms with Crippen LogP contribution in [0.15, 0.2) is 42.6 Å². The first-order chi connectivity index (χ1) is 11.1. The Morgan fingerprint density at radius 1 is 1.26 bits per heavy atom. The van der Waals surface area contributed by atoms with Gasteiger partial charge in [-0.3, -0.25) is 14.7 Å². The molecular formula is C15H19N5O3. The number of aromatic nitrogens is 2. The predicted octanol–water partition coefficient (Wildman–Crippen LogP) is 0.179. The SMILES string of the molecule is COCC(N)C(=O)NC(C(=O)Nc1ccn[nH]1)c1ccccc1. The summed E-state index contributed by atoms with van der Waals surface area (Å²) < 4.78 is 4.86. The Kier molecular flexibility index (Phi) is 5.84. The van der Waals surface area contributed by atoms with Gasteiger partial charge in [0.15, 0.2) is 0 Å². The van der Waals surface area contributed by atoms with Crippen LogP contribution in [-0.4, -0.2) is 41.8 Å². The van der Waals surface area contributed by atoms with Gasteiger partial charge in [-0.25, -0.2) is 0 Å². The third-order valence-corrected chi connectivity index (χ3v) is 3.12. The molecule has 2 aromatic rings. The van der Waals surface area contributed by atoms with Crippen LogP contribution in [0.3, 0.4) is 0 Å². The summed E-state index contributed by atoms with van der Waals surface area (Å²) in [5, 5.41) is 11.7. The van der Waals surface area contributed by atoms with E-state index in [2.05, 4.69) is 20.8 Å². The average Bonchev–Trinajstić information content (AvgIpc) is 3.06. The van der Waals surface area contributed by atoms with E-state index >= 15 is 0 Å². The van der Waals surface area contributed by atoms with E-state index in [0.717, 1.165) is 0 Å². The van der Waals surface area contributed by atoms with E-state index in [1.807, 2.05) is 6.07 Å². The third-order valence-electron chi connectivity index (χ3n) is 3.12. The van der Waals surface area contributed by atoms with Gasteiger partial charge >= 0.3 is 0 Å². The van der Waals surface area contributed by atoms with Gasteiger partial charge < -0.3 is 21.1 Å². The largest absolute Gasteiger partial charge is 0.383 e. The standard InChI is InChI=1S/C15H19N5O3/c1-23-9-11(16)14(21)19-13(10-5-3-2-4-6-10)15(22)18-12-7-8-17-20-12/h2-8,11,13H,9,16H2,1H3,(H,19,21)(H2,17,18,20,22). The van der Waals surface area contributed by atoms with Crippen LogP contribution in [0.2, 0.25) is 0 Å². The second-order valence-corrected chi connectivity index (χ2v) is 4.87. The monoisotopic (exact) mass is 317 g/mol. The molecule has 0 spiro atoms. The summed E-state index contributed by atoms with van der Waals surface area (Å²) in [4.78, 5) is 24.6. The van der Waals surface area contributed by atoms with Gasteiger partial charge in [-0.15, -0.1) is 0 Å². The maximum absolute atomic E-state index is 12.5. The number of carbonyl (C=O) groups is 2. The lowest BCUT2D eigenvalue weighted by atomic mass is 10.1. The molecule has 2 amide bonds. The van der Waals surface area contributed by atoms with Crippen molar-refractivity contribution in [3.05, 3.63) is 48.2 Å². The van der Waals surface area contributed by atoms with E-state index in [9.17, 15) is 9.59 Å². The minimum Gasteiger partial charge on any atom is -0.383 e. The lowest BCUT2D eigenvalue weighted by Crippen LogP contribution is -2.47. The van der Waals surface area contributed by atoms with Crippen molar-refractivity contribution in [1.29, 1.82) is 0 Å². The van der Waals surface area contributed by atoms with Crippen molar-refractivity contribution >= 4 is 17.6 Å². The van der Waals surface area contributed by atoms with Crippen LogP contribution < -0.4 is 16.4 Å². The van der Waals surface area contributed by atoms with Crippen LogP contribution in [0.5, 0.6) is 0 Å². The molecule has 122 valence electrons. The number of nitrogens with one attached hydrogen (secondary N) is 3. The fourth-order valence-corrected chi connectivity index (χ4v) is 1.98. The molecule has 0 aliphatic carbocycles. The molecule has 2 rings (SSSR count). The number of H-pyrrole nitrogens is 1. The minimum atomic E-state index is -0.880. The summed E-state index contributed by atoms with van der Waals surface area (Å²) >= 11 is 0. The van der Waals surface area contributed by atoms with Crippen LogP contribution in [0.4, 0.5) is 5.82 Å². The van der Waals surface area contributed by atoms with Crippen LogP contribution >= 0.6 is 0 Å². The van der Waals surface area contributed by atoms with E-state index < -0.39 is 23.9 Å². The first kappa shape index (κ1) is 16.7. The fourth-order valence-electron chi connectivity index (χ4n) is 1.98. The first-order valence-corrected chi connectivity index (χ1v) is 7.02. The number of hydrogen-bond donors (Lipinski definition) is 4. The van der Waals surface area contributed by atoms with Crippen LogP contribution in [-0.2, 0) is 14.3 Å². The van der Waals surface area contributed by atoms with E-state index in [1.54, 1.807) is 30.3 Å². The highest BCUT2D eigenvalue weighted by Crippen LogP contribution is 2.15. The molecule has 2 atom stereocenters. The number of anilines is 1. The number of nitrogens with zero attached hydrogens (tertiary/aromatic N) is 1. The van der Waals surface area contributed by atoms with E-state index in [0.29, 0.717) is 11.4 Å². The zero-order chi connectivity index (χ0) is 16.7. The zero-order valence-electron chi connectivity index (χ0n) is 12.7. The number of ether oxygens (including phenoxy) is 1. The Morgan fingerprint density at radius 3 is 2.61 bits per heavy atom. The summed E-state index contributed by atoms with van der Waals surface area (Å²) in [5.41, 5.74) is 6.35. The van der Waals surface area contributed by atoms with Crippen molar-refractivity contribution in [3.63, 3.8) is 0 Å². The molecule has 0 bridgehead atoms. The van der Waals surface area contributed by atoms with Gasteiger partial charge in [0.2, 0.25) is 5.91 Å². The van der Waals surface area contributed by atoms with Gasteiger partial charge in [0.25, 0.3) is 5.91 Å². The smallest absolute Gasteiger partial charge is 0.252 e. The number of rotatable bonds is 7. The summed E-state index contributed by atoms with van der Waals surface area (Å²) in [6, 6.07) is 8.77. The van der Waals surface area contributed by atoms with Crippen molar-refractivity contribution in [2.75, 3.05) is 19.0 Å². The Hall–Kier alpha value is -2.71. The van der Waals surface area contributed by atoms with Crippen molar-refractivity contribution in [3.8, 4) is 0 Å². The van der Waals surface area contributed by atoms with E-state index in [1.165, 1.54) is 13.3 Å².